The Labute approximate surface area is 152 Å². The van der Waals surface area contributed by atoms with Crippen LogP contribution in [-0.4, -0.2) is 71.7 Å². The summed E-state index contributed by atoms with van der Waals surface area (Å²) in [6.45, 7) is 0.716. The normalized spacial score (nSPS) is 19.6. The standard InChI is InChI=1S/C19H24N4O3/c1-22(2)19(26)21-10-18(25)23-11-14(17(24)12-23)9-13-7-8-20-16-6-4-3-5-15(13)16/h3-8,14,17,24H,9-12H2,1-2H3,(H,21,26)/t14-,17-/m1/s1. The lowest BCUT2D eigenvalue weighted by Gasteiger charge is -2.18. The van der Waals surface area contributed by atoms with Crippen molar-refractivity contribution in [1.82, 2.24) is 20.1 Å². The number of urea groups is 1. The zero-order valence-corrected chi connectivity index (χ0v) is 15.1. The summed E-state index contributed by atoms with van der Waals surface area (Å²) in [4.78, 5) is 31.2. The van der Waals surface area contributed by atoms with Crippen molar-refractivity contribution in [1.29, 1.82) is 0 Å². The number of hydrogen-bond acceptors (Lipinski definition) is 4. The van der Waals surface area contributed by atoms with Gasteiger partial charge in [0, 0.05) is 44.7 Å². The van der Waals surface area contributed by atoms with Gasteiger partial charge in [-0.05, 0) is 24.1 Å². The van der Waals surface area contributed by atoms with Gasteiger partial charge in [-0.2, -0.15) is 0 Å². The molecule has 0 saturated carbocycles. The third kappa shape index (κ3) is 3.94. The van der Waals surface area contributed by atoms with Crippen LogP contribution in [0.5, 0.6) is 0 Å². The smallest absolute Gasteiger partial charge is 0.317 e. The first-order valence-electron chi connectivity index (χ1n) is 8.69. The third-order valence-electron chi connectivity index (χ3n) is 4.78. The second-order valence-electron chi connectivity index (χ2n) is 6.87. The number of amides is 3. The number of carbonyl (C=O) groups is 2. The summed E-state index contributed by atoms with van der Waals surface area (Å²) in [7, 11) is 3.24. The number of nitrogens with zero attached hydrogens (tertiary/aromatic N) is 3. The number of hydrogen-bond donors (Lipinski definition) is 2. The maximum atomic E-state index is 12.3. The van der Waals surface area contributed by atoms with Gasteiger partial charge in [0.2, 0.25) is 5.91 Å². The highest BCUT2D eigenvalue weighted by Gasteiger charge is 2.34. The number of aliphatic hydroxyl groups excluding tert-OH is 1. The number of β-amino-alcohol motifs (C(OH)–C–C–N with tert-alkyl or cyclic N) is 1. The van der Waals surface area contributed by atoms with E-state index in [1.54, 1.807) is 25.2 Å². The van der Waals surface area contributed by atoms with E-state index in [4.69, 9.17) is 0 Å². The average molecular weight is 356 g/mol. The number of carbonyl (C=O) groups excluding carboxylic acids is 2. The van der Waals surface area contributed by atoms with Crippen LogP contribution in [0.2, 0.25) is 0 Å². The van der Waals surface area contributed by atoms with E-state index in [-0.39, 0.29) is 24.4 Å². The molecule has 7 heteroatoms. The summed E-state index contributed by atoms with van der Waals surface area (Å²) in [6.07, 6.45) is 1.88. The minimum absolute atomic E-state index is 0.0330. The molecule has 3 rings (SSSR count). The minimum Gasteiger partial charge on any atom is -0.391 e. The van der Waals surface area contributed by atoms with Gasteiger partial charge in [0.1, 0.15) is 0 Å². The Balaban J connectivity index is 1.63. The Morgan fingerprint density at radius 2 is 2.04 bits per heavy atom. The Morgan fingerprint density at radius 3 is 2.81 bits per heavy atom. The second-order valence-corrected chi connectivity index (χ2v) is 6.87. The SMILES string of the molecule is CN(C)C(=O)NCC(=O)N1C[C@@H](Cc2ccnc3ccccc23)[C@H](O)C1. The van der Waals surface area contributed by atoms with Gasteiger partial charge in [0.05, 0.1) is 18.2 Å². The molecule has 138 valence electrons. The number of benzene rings is 1. The number of pyridine rings is 1. The van der Waals surface area contributed by atoms with Crippen LogP contribution in [0.4, 0.5) is 4.79 Å². The van der Waals surface area contributed by atoms with E-state index >= 15 is 0 Å². The highest BCUT2D eigenvalue weighted by molar-refractivity contribution is 5.84. The molecule has 2 atom stereocenters. The van der Waals surface area contributed by atoms with Crippen molar-refractivity contribution in [2.24, 2.45) is 5.92 Å². The largest absolute Gasteiger partial charge is 0.391 e. The number of para-hydroxylation sites is 1. The molecule has 7 nitrogen and oxygen atoms in total. The fourth-order valence-corrected chi connectivity index (χ4v) is 3.30. The highest BCUT2D eigenvalue weighted by Crippen LogP contribution is 2.25. The number of aliphatic hydroxyl groups is 1. The summed E-state index contributed by atoms with van der Waals surface area (Å²) in [5, 5.41) is 14.0. The Hall–Kier alpha value is -2.67. The zero-order chi connectivity index (χ0) is 18.7. The van der Waals surface area contributed by atoms with Crippen LogP contribution in [0.3, 0.4) is 0 Å². The van der Waals surface area contributed by atoms with Crippen molar-refractivity contribution < 1.29 is 14.7 Å². The predicted molar refractivity (Wildman–Crippen MR) is 98.6 cm³/mol. The molecule has 0 radical (unpaired) electrons. The molecule has 0 bridgehead atoms. The Kier molecular flexibility index (Phi) is 5.37. The minimum atomic E-state index is -0.574. The number of fused-ring (bicyclic) bond motifs is 1. The molecule has 26 heavy (non-hydrogen) atoms. The lowest BCUT2D eigenvalue weighted by molar-refractivity contribution is -0.129. The molecule has 0 aliphatic carbocycles. The maximum absolute atomic E-state index is 12.3. The van der Waals surface area contributed by atoms with E-state index < -0.39 is 6.10 Å². The van der Waals surface area contributed by atoms with Crippen molar-refractivity contribution >= 4 is 22.8 Å². The van der Waals surface area contributed by atoms with Gasteiger partial charge in [-0.15, -0.1) is 0 Å². The van der Waals surface area contributed by atoms with E-state index in [1.807, 2.05) is 30.3 Å². The topological polar surface area (TPSA) is 85.8 Å². The van der Waals surface area contributed by atoms with Crippen molar-refractivity contribution in [3.8, 4) is 0 Å². The van der Waals surface area contributed by atoms with Crippen LogP contribution in [-0.2, 0) is 11.2 Å². The molecular weight excluding hydrogens is 332 g/mol. The number of rotatable bonds is 4. The Bertz CT molecular complexity index is 803. The van der Waals surface area contributed by atoms with Crippen LogP contribution in [0.15, 0.2) is 36.5 Å². The molecule has 1 aliphatic heterocycles. The van der Waals surface area contributed by atoms with Crippen LogP contribution < -0.4 is 5.32 Å². The van der Waals surface area contributed by atoms with E-state index in [1.165, 1.54) is 4.90 Å². The summed E-state index contributed by atoms with van der Waals surface area (Å²) < 4.78 is 0. The fourth-order valence-electron chi connectivity index (χ4n) is 3.30. The van der Waals surface area contributed by atoms with Crippen LogP contribution in [0.25, 0.3) is 10.9 Å². The van der Waals surface area contributed by atoms with Crippen molar-refractivity contribution in [2.45, 2.75) is 12.5 Å². The van der Waals surface area contributed by atoms with Crippen LogP contribution in [0.1, 0.15) is 5.56 Å². The third-order valence-corrected chi connectivity index (χ3v) is 4.78. The highest BCUT2D eigenvalue weighted by atomic mass is 16.3. The van der Waals surface area contributed by atoms with Crippen molar-refractivity contribution in [3.05, 3.63) is 42.1 Å². The molecule has 1 aliphatic rings. The van der Waals surface area contributed by atoms with Gasteiger partial charge in [-0.1, -0.05) is 18.2 Å². The molecule has 3 amide bonds. The zero-order valence-electron chi connectivity index (χ0n) is 15.1. The monoisotopic (exact) mass is 356 g/mol. The molecule has 0 spiro atoms. The average Bonchev–Trinajstić information content (AvgIpc) is 3.00. The predicted octanol–water partition coefficient (Wildman–Crippen LogP) is 0.868. The number of likely N-dealkylation sites (tertiary alicyclic amines) is 1. The number of nitrogens with one attached hydrogen (secondary N) is 1. The Morgan fingerprint density at radius 1 is 1.27 bits per heavy atom. The number of aromatic nitrogens is 1. The van der Waals surface area contributed by atoms with E-state index in [9.17, 15) is 14.7 Å². The summed E-state index contributed by atoms with van der Waals surface area (Å²) in [6, 6.07) is 9.58. The van der Waals surface area contributed by atoms with Gasteiger partial charge in [0.15, 0.2) is 0 Å². The molecule has 2 N–H and O–H groups in total. The van der Waals surface area contributed by atoms with E-state index in [0.29, 0.717) is 19.5 Å². The molecule has 1 fully saturated rings. The molecule has 1 saturated heterocycles. The van der Waals surface area contributed by atoms with Gasteiger partial charge >= 0.3 is 6.03 Å². The van der Waals surface area contributed by atoms with Gasteiger partial charge in [0.25, 0.3) is 0 Å². The summed E-state index contributed by atoms with van der Waals surface area (Å²) >= 11 is 0. The van der Waals surface area contributed by atoms with Gasteiger partial charge in [-0.25, -0.2) is 4.79 Å². The first kappa shape index (κ1) is 18.1. The molecular formula is C19H24N4O3. The second kappa shape index (κ2) is 7.70. The lowest BCUT2D eigenvalue weighted by atomic mass is 9.94. The van der Waals surface area contributed by atoms with Crippen LogP contribution in [0, 0.1) is 5.92 Å². The summed E-state index contributed by atoms with van der Waals surface area (Å²) in [5.41, 5.74) is 2.05. The molecule has 0 unspecified atom stereocenters. The first-order chi connectivity index (χ1) is 12.5. The van der Waals surface area contributed by atoms with Crippen molar-refractivity contribution in [2.75, 3.05) is 33.7 Å². The molecule has 1 aromatic carbocycles. The molecule has 1 aromatic heterocycles. The first-order valence-corrected chi connectivity index (χ1v) is 8.69. The molecule has 2 aromatic rings. The quantitative estimate of drug-likeness (QED) is 0.851. The summed E-state index contributed by atoms with van der Waals surface area (Å²) in [5.74, 6) is -0.212. The lowest BCUT2D eigenvalue weighted by Crippen LogP contribution is -2.42. The van der Waals surface area contributed by atoms with Crippen LogP contribution >= 0.6 is 0 Å². The molecule has 2 heterocycles. The van der Waals surface area contributed by atoms with Gasteiger partial charge in [-0.3, -0.25) is 9.78 Å². The van der Waals surface area contributed by atoms with Crippen molar-refractivity contribution in [3.63, 3.8) is 0 Å². The maximum Gasteiger partial charge on any atom is 0.317 e. The van der Waals surface area contributed by atoms with E-state index in [2.05, 4.69) is 10.3 Å². The van der Waals surface area contributed by atoms with Gasteiger partial charge < -0.3 is 20.2 Å². The fraction of sp³-hybridized carbons (Fsp3) is 0.421. The van der Waals surface area contributed by atoms with E-state index in [0.717, 1.165) is 16.5 Å².